The minimum absolute atomic E-state index is 0.290. The van der Waals surface area contributed by atoms with Gasteiger partial charge in [0.2, 0.25) is 0 Å². The van der Waals surface area contributed by atoms with Crippen LogP contribution in [0.15, 0.2) is 29.3 Å². The summed E-state index contributed by atoms with van der Waals surface area (Å²) in [6.45, 7) is 3.63. The van der Waals surface area contributed by atoms with E-state index < -0.39 is 0 Å². The van der Waals surface area contributed by atoms with Crippen molar-refractivity contribution >= 4 is 5.96 Å². The van der Waals surface area contributed by atoms with Gasteiger partial charge >= 0.3 is 0 Å². The molecule has 108 valence electrons. The first-order valence-electron chi connectivity index (χ1n) is 7.66. The van der Waals surface area contributed by atoms with E-state index in [1.54, 1.807) is 0 Å². The van der Waals surface area contributed by atoms with Gasteiger partial charge in [-0.2, -0.15) is 0 Å². The number of ether oxygens (including phenoxy) is 1. The highest BCUT2D eigenvalue weighted by Crippen LogP contribution is 2.31. The second-order valence-corrected chi connectivity index (χ2v) is 5.47. The van der Waals surface area contributed by atoms with Crippen molar-refractivity contribution < 1.29 is 4.74 Å². The average molecular weight is 273 g/mol. The van der Waals surface area contributed by atoms with Crippen molar-refractivity contribution in [1.29, 1.82) is 0 Å². The smallest absolute Gasteiger partial charge is 0.191 e. The van der Waals surface area contributed by atoms with Gasteiger partial charge in [0.25, 0.3) is 0 Å². The highest BCUT2D eigenvalue weighted by Gasteiger charge is 2.24. The average Bonchev–Trinajstić information content (AvgIpc) is 2.43. The SMILES string of the molecule is CCN=C(NC1CCC1)NC1CCOc2ccccc21. The molecule has 0 aromatic heterocycles. The van der Waals surface area contributed by atoms with E-state index in [1.807, 2.05) is 12.1 Å². The van der Waals surface area contributed by atoms with E-state index in [4.69, 9.17) is 4.74 Å². The van der Waals surface area contributed by atoms with E-state index in [0.29, 0.717) is 6.04 Å². The number of para-hydroxylation sites is 1. The summed E-state index contributed by atoms with van der Waals surface area (Å²) in [5, 5.41) is 7.10. The maximum absolute atomic E-state index is 5.71. The molecule has 0 saturated heterocycles. The van der Waals surface area contributed by atoms with Crippen molar-refractivity contribution in [3.05, 3.63) is 29.8 Å². The fourth-order valence-corrected chi connectivity index (χ4v) is 2.69. The monoisotopic (exact) mass is 273 g/mol. The van der Waals surface area contributed by atoms with Crippen molar-refractivity contribution in [2.75, 3.05) is 13.2 Å². The first kappa shape index (κ1) is 13.3. The Kier molecular flexibility index (Phi) is 4.09. The van der Waals surface area contributed by atoms with E-state index in [-0.39, 0.29) is 6.04 Å². The van der Waals surface area contributed by atoms with Crippen LogP contribution in [0.3, 0.4) is 0 Å². The first-order chi connectivity index (χ1) is 9.86. The summed E-state index contributed by atoms with van der Waals surface area (Å²) in [6, 6.07) is 9.16. The maximum Gasteiger partial charge on any atom is 0.191 e. The van der Waals surface area contributed by atoms with Gasteiger partial charge in [0, 0.05) is 24.6 Å². The molecule has 0 amide bonds. The Labute approximate surface area is 120 Å². The maximum atomic E-state index is 5.71. The Morgan fingerprint density at radius 1 is 1.25 bits per heavy atom. The van der Waals surface area contributed by atoms with Crippen molar-refractivity contribution in [3.63, 3.8) is 0 Å². The van der Waals surface area contributed by atoms with Gasteiger partial charge in [-0.15, -0.1) is 0 Å². The minimum atomic E-state index is 0.290. The van der Waals surface area contributed by atoms with Crippen molar-refractivity contribution in [2.24, 2.45) is 4.99 Å². The summed E-state index contributed by atoms with van der Waals surface area (Å²) in [7, 11) is 0. The third kappa shape index (κ3) is 2.89. The molecule has 4 heteroatoms. The lowest BCUT2D eigenvalue weighted by molar-refractivity contribution is 0.261. The number of nitrogens with one attached hydrogen (secondary N) is 2. The van der Waals surface area contributed by atoms with Crippen LogP contribution in [0.5, 0.6) is 5.75 Å². The van der Waals surface area contributed by atoms with Gasteiger partial charge in [-0.3, -0.25) is 4.99 Å². The Bertz CT molecular complexity index is 482. The Hall–Kier alpha value is -1.71. The summed E-state index contributed by atoms with van der Waals surface area (Å²) in [5.41, 5.74) is 1.23. The van der Waals surface area contributed by atoms with Crippen molar-refractivity contribution in [1.82, 2.24) is 10.6 Å². The van der Waals surface area contributed by atoms with Gasteiger partial charge in [0.15, 0.2) is 5.96 Å². The number of aliphatic imine (C=N–C) groups is 1. The summed E-state index contributed by atoms with van der Waals surface area (Å²) in [4.78, 5) is 4.57. The van der Waals surface area contributed by atoms with Gasteiger partial charge in [-0.1, -0.05) is 18.2 Å². The molecule has 0 spiro atoms. The molecule has 1 atom stereocenters. The van der Waals surface area contributed by atoms with E-state index in [2.05, 4.69) is 34.7 Å². The number of hydrogen-bond acceptors (Lipinski definition) is 2. The predicted octanol–water partition coefficient (Wildman–Crippen LogP) is 2.62. The van der Waals surface area contributed by atoms with Crippen LogP contribution < -0.4 is 15.4 Å². The van der Waals surface area contributed by atoms with Crippen LogP contribution in [-0.2, 0) is 0 Å². The van der Waals surface area contributed by atoms with Crippen LogP contribution in [0.25, 0.3) is 0 Å². The van der Waals surface area contributed by atoms with Crippen LogP contribution in [0, 0.1) is 0 Å². The van der Waals surface area contributed by atoms with Crippen molar-refractivity contribution in [2.45, 2.75) is 44.7 Å². The quantitative estimate of drug-likeness (QED) is 0.657. The number of nitrogens with zero attached hydrogens (tertiary/aromatic N) is 1. The number of guanidine groups is 1. The fourth-order valence-electron chi connectivity index (χ4n) is 2.69. The Morgan fingerprint density at radius 3 is 2.85 bits per heavy atom. The molecule has 1 aromatic rings. The van der Waals surface area contributed by atoms with Crippen molar-refractivity contribution in [3.8, 4) is 5.75 Å². The van der Waals surface area contributed by atoms with Crippen LogP contribution in [0.2, 0.25) is 0 Å². The minimum Gasteiger partial charge on any atom is -0.493 e. The number of fused-ring (bicyclic) bond motifs is 1. The number of hydrogen-bond donors (Lipinski definition) is 2. The third-order valence-corrected chi connectivity index (χ3v) is 4.03. The molecule has 1 aromatic carbocycles. The highest BCUT2D eigenvalue weighted by molar-refractivity contribution is 5.80. The van der Waals surface area contributed by atoms with Crippen LogP contribution in [0.4, 0.5) is 0 Å². The first-order valence-corrected chi connectivity index (χ1v) is 7.66. The van der Waals surface area contributed by atoms with E-state index in [9.17, 15) is 0 Å². The lowest BCUT2D eigenvalue weighted by Gasteiger charge is -2.32. The molecule has 1 heterocycles. The zero-order valence-corrected chi connectivity index (χ0v) is 12.1. The topological polar surface area (TPSA) is 45.7 Å². The second-order valence-electron chi connectivity index (χ2n) is 5.47. The molecule has 20 heavy (non-hydrogen) atoms. The molecule has 1 fully saturated rings. The van der Waals surface area contributed by atoms with Gasteiger partial charge in [-0.05, 0) is 32.3 Å². The number of benzene rings is 1. The summed E-state index contributed by atoms with van der Waals surface area (Å²) in [5.74, 6) is 1.94. The van der Waals surface area contributed by atoms with Gasteiger partial charge in [-0.25, -0.2) is 0 Å². The Balaban J connectivity index is 1.70. The fraction of sp³-hybridized carbons (Fsp3) is 0.562. The molecule has 2 N–H and O–H groups in total. The molecular weight excluding hydrogens is 250 g/mol. The molecule has 2 aliphatic rings. The molecule has 0 radical (unpaired) electrons. The lowest BCUT2D eigenvalue weighted by Crippen LogP contribution is -2.48. The van der Waals surface area contributed by atoms with Gasteiger partial charge in [0.05, 0.1) is 12.6 Å². The Morgan fingerprint density at radius 2 is 2.10 bits per heavy atom. The van der Waals surface area contributed by atoms with Crippen LogP contribution >= 0.6 is 0 Å². The lowest BCUT2D eigenvalue weighted by atomic mass is 9.93. The molecular formula is C16H23N3O. The van der Waals surface area contributed by atoms with E-state index >= 15 is 0 Å². The standard InChI is InChI=1S/C16H23N3O/c1-2-17-16(18-12-6-5-7-12)19-14-10-11-20-15-9-4-3-8-13(14)15/h3-4,8-9,12,14H,2,5-7,10-11H2,1H3,(H2,17,18,19). The summed E-state index contributed by atoms with van der Waals surface area (Å²) >= 11 is 0. The van der Waals surface area contributed by atoms with Crippen LogP contribution in [0.1, 0.15) is 44.2 Å². The molecule has 0 bridgehead atoms. The molecule has 1 unspecified atom stereocenters. The summed E-state index contributed by atoms with van der Waals surface area (Å²) < 4.78 is 5.71. The van der Waals surface area contributed by atoms with Gasteiger partial charge in [0.1, 0.15) is 5.75 Å². The molecule has 1 aliphatic heterocycles. The van der Waals surface area contributed by atoms with E-state index in [1.165, 1.54) is 24.8 Å². The van der Waals surface area contributed by atoms with Gasteiger partial charge < -0.3 is 15.4 Å². The largest absolute Gasteiger partial charge is 0.493 e. The normalized spacial score (nSPS) is 22.4. The van der Waals surface area contributed by atoms with E-state index in [0.717, 1.165) is 31.3 Å². The third-order valence-electron chi connectivity index (χ3n) is 4.03. The molecule has 1 saturated carbocycles. The molecule has 4 nitrogen and oxygen atoms in total. The second kappa shape index (κ2) is 6.16. The highest BCUT2D eigenvalue weighted by atomic mass is 16.5. The summed E-state index contributed by atoms with van der Waals surface area (Å²) in [6.07, 6.45) is 4.83. The predicted molar refractivity (Wildman–Crippen MR) is 81.2 cm³/mol. The zero-order valence-electron chi connectivity index (χ0n) is 12.1. The van der Waals surface area contributed by atoms with Crippen LogP contribution in [-0.4, -0.2) is 25.2 Å². The molecule has 3 rings (SSSR count). The zero-order chi connectivity index (χ0) is 13.8. The molecule has 1 aliphatic carbocycles. The number of rotatable bonds is 3.